The first kappa shape index (κ1) is 28.3. The number of unbranched alkanes of at least 4 members (excludes halogenated alkanes) is 7. The quantitative estimate of drug-likeness (QED) is 0.108. The first-order chi connectivity index (χ1) is 16.9. The topological polar surface area (TPSA) is 69.7 Å². The smallest absolute Gasteiger partial charge is 0.343 e. The van der Waals surface area contributed by atoms with Gasteiger partial charge in [0.15, 0.2) is 6.10 Å². The second-order valence-corrected chi connectivity index (χ2v) is 9.08. The van der Waals surface area contributed by atoms with Gasteiger partial charge < -0.3 is 9.47 Å². The summed E-state index contributed by atoms with van der Waals surface area (Å²) in [6.45, 7) is 5.90. The summed E-state index contributed by atoms with van der Waals surface area (Å²) in [5.74, 6) is -0.721. The van der Waals surface area contributed by atoms with Gasteiger partial charge in [-0.2, -0.15) is 0 Å². The van der Waals surface area contributed by atoms with E-state index in [1.54, 1.807) is 43.3 Å². The maximum atomic E-state index is 12.6. The molecule has 0 aliphatic heterocycles. The van der Waals surface area contributed by atoms with Gasteiger partial charge in [0.2, 0.25) is 5.78 Å². The summed E-state index contributed by atoms with van der Waals surface area (Å²) in [7, 11) is 0. The lowest BCUT2D eigenvalue weighted by Gasteiger charge is -2.13. The van der Waals surface area contributed by atoms with Crippen molar-refractivity contribution in [2.75, 3.05) is 0 Å². The Balaban J connectivity index is 1.81. The van der Waals surface area contributed by atoms with Crippen molar-refractivity contribution in [3.05, 3.63) is 65.2 Å². The van der Waals surface area contributed by atoms with Crippen LogP contribution in [0.1, 0.15) is 111 Å². The van der Waals surface area contributed by atoms with Crippen molar-refractivity contribution in [1.82, 2.24) is 0 Å². The zero-order valence-electron chi connectivity index (χ0n) is 21.5. The predicted molar refractivity (Wildman–Crippen MR) is 139 cm³/mol. The van der Waals surface area contributed by atoms with Crippen LogP contribution in [0.15, 0.2) is 48.5 Å². The van der Waals surface area contributed by atoms with E-state index >= 15 is 0 Å². The van der Waals surface area contributed by atoms with Gasteiger partial charge in [0.05, 0.1) is 5.56 Å². The van der Waals surface area contributed by atoms with Gasteiger partial charge in [-0.15, -0.1) is 0 Å². The van der Waals surface area contributed by atoms with Crippen molar-refractivity contribution in [2.45, 2.75) is 97.5 Å². The highest BCUT2D eigenvalue weighted by molar-refractivity contribution is 6.00. The number of aryl methyl sites for hydroxylation is 1. The Morgan fingerprint density at radius 3 is 1.91 bits per heavy atom. The molecule has 0 radical (unpaired) electrons. The van der Waals surface area contributed by atoms with Crippen LogP contribution in [-0.2, 0) is 16.0 Å². The summed E-state index contributed by atoms with van der Waals surface area (Å²) in [4.78, 5) is 37.0. The molecule has 0 amide bonds. The monoisotopic (exact) mass is 480 g/mol. The standard InChI is InChI=1S/C30H40O5/c1-4-6-8-10-11-13-24-15-17-26(18-16-24)30(33)35-27-21-19-25(20-22-27)29(32)23(3)34-28(31)14-12-9-7-5-2/h15-23H,4-14H2,1-3H3. The molecule has 190 valence electrons. The van der Waals surface area contributed by atoms with E-state index in [0.29, 0.717) is 23.3 Å². The van der Waals surface area contributed by atoms with Crippen LogP contribution < -0.4 is 4.74 Å². The Labute approximate surface area is 210 Å². The van der Waals surface area contributed by atoms with Crippen LogP contribution in [0, 0.1) is 0 Å². The van der Waals surface area contributed by atoms with E-state index in [2.05, 4.69) is 13.8 Å². The molecule has 1 unspecified atom stereocenters. The number of benzene rings is 2. The number of ether oxygens (including phenoxy) is 2. The van der Waals surface area contributed by atoms with Gasteiger partial charge in [-0.1, -0.05) is 70.9 Å². The molecular weight excluding hydrogens is 440 g/mol. The summed E-state index contributed by atoms with van der Waals surface area (Å²) in [5, 5.41) is 0. The third kappa shape index (κ3) is 10.5. The van der Waals surface area contributed by atoms with Gasteiger partial charge in [0.25, 0.3) is 0 Å². The molecule has 5 nitrogen and oxygen atoms in total. The van der Waals surface area contributed by atoms with Crippen molar-refractivity contribution >= 4 is 17.7 Å². The number of Topliss-reactive ketones (excluding diaryl/α,β-unsaturated/α-hetero) is 1. The first-order valence-electron chi connectivity index (χ1n) is 13.1. The van der Waals surface area contributed by atoms with Crippen LogP contribution in [0.5, 0.6) is 5.75 Å². The largest absolute Gasteiger partial charge is 0.454 e. The second kappa shape index (κ2) is 15.9. The summed E-state index contributed by atoms with van der Waals surface area (Å²) in [6.07, 6.45) is 10.6. The lowest BCUT2D eigenvalue weighted by molar-refractivity contribution is -0.146. The average molecular weight is 481 g/mol. The van der Waals surface area contributed by atoms with Crippen LogP contribution in [0.2, 0.25) is 0 Å². The molecule has 2 rings (SSSR count). The minimum absolute atomic E-state index is 0.282. The fourth-order valence-corrected chi connectivity index (χ4v) is 3.83. The molecule has 1 atom stereocenters. The maximum Gasteiger partial charge on any atom is 0.343 e. The number of carbonyl (C=O) groups is 3. The van der Waals surface area contributed by atoms with E-state index in [-0.39, 0.29) is 11.8 Å². The SMILES string of the molecule is CCCCCCCc1ccc(C(=O)Oc2ccc(C(=O)C(C)OC(=O)CCCCCC)cc2)cc1. The van der Waals surface area contributed by atoms with E-state index in [9.17, 15) is 14.4 Å². The highest BCUT2D eigenvalue weighted by Gasteiger charge is 2.19. The summed E-state index contributed by atoms with van der Waals surface area (Å²) in [5.41, 5.74) is 2.11. The Morgan fingerprint density at radius 1 is 0.714 bits per heavy atom. The molecule has 2 aromatic carbocycles. The Kier molecular flexibility index (Phi) is 12.8. The van der Waals surface area contributed by atoms with Crippen LogP contribution >= 0.6 is 0 Å². The van der Waals surface area contributed by atoms with Gasteiger partial charge in [-0.3, -0.25) is 9.59 Å². The third-order valence-electron chi connectivity index (χ3n) is 6.02. The molecule has 0 fully saturated rings. The Morgan fingerprint density at radius 2 is 1.29 bits per heavy atom. The molecule has 0 bridgehead atoms. The lowest BCUT2D eigenvalue weighted by Crippen LogP contribution is -2.24. The number of carbonyl (C=O) groups excluding carboxylic acids is 3. The Bertz CT molecular complexity index is 915. The van der Waals surface area contributed by atoms with Gasteiger partial charge in [0.1, 0.15) is 5.75 Å². The minimum atomic E-state index is -0.854. The van der Waals surface area contributed by atoms with Crippen LogP contribution in [-0.4, -0.2) is 23.8 Å². The van der Waals surface area contributed by atoms with E-state index < -0.39 is 12.1 Å². The van der Waals surface area contributed by atoms with Gasteiger partial charge in [-0.25, -0.2) is 4.79 Å². The molecule has 5 heteroatoms. The van der Waals surface area contributed by atoms with Crippen molar-refractivity contribution in [1.29, 1.82) is 0 Å². The third-order valence-corrected chi connectivity index (χ3v) is 6.02. The van der Waals surface area contributed by atoms with Crippen molar-refractivity contribution < 1.29 is 23.9 Å². The highest BCUT2D eigenvalue weighted by Crippen LogP contribution is 2.17. The van der Waals surface area contributed by atoms with Crippen LogP contribution in [0.25, 0.3) is 0 Å². The molecular formula is C30H40O5. The van der Waals surface area contributed by atoms with Gasteiger partial charge in [-0.05, 0) is 68.1 Å². The lowest BCUT2D eigenvalue weighted by atomic mass is 10.0. The molecule has 2 aromatic rings. The number of ketones is 1. The molecule has 0 aliphatic carbocycles. The molecule has 0 saturated carbocycles. The number of hydrogen-bond acceptors (Lipinski definition) is 5. The molecule has 0 N–H and O–H groups in total. The molecule has 0 saturated heterocycles. The van der Waals surface area contributed by atoms with E-state index in [1.165, 1.54) is 31.2 Å². The van der Waals surface area contributed by atoms with E-state index in [4.69, 9.17) is 9.47 Å². The molecule has 0 heterocycles. The fourth-order valence-electron chi connectivity index (χ4n) is 3.83. The van der Waals surface area contributed by atoms with E-state index in [1.807, 2.05) is 12.1 Å². The second-order valence-electron chi connectivity index (χ2n) is 9.08. The van der Waals surface area contributed by atoms with Crippen molar-refractivity contribution in [3.63, 3.8) is 0 Å². The molecule has 35 heavy (non-hydrogen) atoms. The predicted octanol–water partition coefficient (Wildman–Crippen LogP) is 7.50. The van der Waals surface area contributed by atoms with Crippen LogP contribution in [0.3, 0.4) is 0 Å². The number of hydrogen-bond donors (Lipinski definition) is 0. The summed E-state index contributed by atoms with van der Waals surface area (Å²) < 4.78 is 10.7. The average Bonchev–Trinajstić information content (AvgIpc) is 2.87. The van der Waals surface area contributed by atoms with Crippen molar-refractivity contribution in [2.24, 2.45) is 0 Å². The molecule has 0 spiro atoms. The zero-order valence-corrected chi connectivity index (χ0v) is 21.5. The normalized spacial score (nSPS) is 11.6. The minimum Gasteiger partial charge on any atom is -0.454 e. The Hall–Kier alpha value is -2.95. The first-order valence-corrected chi connectivity index (χ1v) is 13.1. The van der Waals surface area contributed by atoms with Crippen LogP contribution in [0.4, 0.5) is 0 Å². The summed E-state index contributed by atoms with van der Waals surface area (Å²) >= 11 is 0. The van der Waals surface area contributed by atoms with Gasteiger partial charge >= 0.3 is 11.9 Å². The molecule has 0 aliphatic rings. The van der Waals surface area contributed by atoms with Gasteiger partial charge in [0, 0.05) is 12.0 Å². The van der Waals surface area contributed by atoms with Crippen molar-refractivity contribution in [3.8, 4) is 5.75 Å². The zero-order chi connectivity index (χ0) is 25.5. The maximum absolute atomic E-state index is 12.6. The number of esters is 2. The number of rotatable bonds is 16. The summed E-state index contributed by atoms with van der Waals surface area (Å²) in [6, 6.07) is 13.9. The fraction of sp³-hybridized carbons (Fsp3) is 0.500. The van der Waals surface area contributed by atoms with E-state index in [0.717, 1.165) is 38.5 Å². The molecule has 0 aromatic heterocycles. The highest BCUT2D eigenvalue weighted by atomic mass is 16.5.